The fourth-order valence-electron chi connectivity index (χ4n) is 1.56. The monoisotopic (exact) mass is 280 g/mol. The predicted octanol–water partition coefficient (Wildman–Crippen LogP) is 2.71. The Morgan fingerprint density at radius 1 is 1.37 bits per heavy atom. The Morgan fingerprint density at radius 3 is 2.63 bits per heavy atom. The molecule has 0 amide bonds. The van der Waals surface area contributed by atoms with Crippen molar-refractivity contribution in [3.8, 4) is 11.4 Å². The van der Waals surface area contributed by atoms with Gasteiger partial charge in [-0.25, -0.2) is 9.48 Å². The summed E-state index contributed by atoms with van der Waals surface area (Å²) >= 11 is 5.98. The number of carbonyl (C=O) groups excluding carboxylic acids is 1. The minimum absolute atomic E-state index is 0.110. The Kier molecular flexibility index (Phi) is 4.06. The van der Waals surface area contributed by atoms with Crippen molar-refractivity contribution in [1.29, 1.82) is 0 Å². The van der Waals surface area contributed by atoms with Crippen molar-refractivity contribution in [2.75, 3.05) is 13.7 Å². The van der Waals surface area contributed by atoms with Crippen LogP contribution in [0.4, 0.5) is 0 Å². The topological polar surface area (TPSA) is 53.3 Å². The predicted molar refractivity (Wildman–Crippen MR) is 71.1 cm³/mol. The summed E-state index contributed by atoms with van der Waals surface area (Å²) in [6.07, 6.45) is 1.57. The van der Waals surface area contributed by atoms with Crippen LogP contribution in [0.25, 0.3) is 5.69 Å². The first-order valence-corrected chi connectivity index (χ1v) is 6.10. The molecule has 0 aliphatic rings. The molecule has 0 saturated carbocycles. The van der Waals surface area contributed by atoms with Gasteiger partial charge in [-0.3, -0.25) is 0 Å². The molecule has 0 radical (unpaired) electrons. The summed E-state index contributed by atoms with van der Waals surface area (Å²) in [5.41, 5.74) is 0.887. The van der Waals surface area contributed by atoms with E-state index in [1.54, 1.807) is 32.4 Å². The van der Waals surface area contributed by atoms with Gasteiger partial charge in [-0.05, 0) is 31.2 Å². The first-order valence-electron chi connectivity index (χ1n) is 5.72. The number of esters is 1. The molecule has 0 aliphatic carbocycles. The molecule has 6 heteroatoms. The van der Waals surface area contributed by atoms with E-state index in [0.29, 0.717) is 0 Å². The summed E-state index contributed by atoms with van der Waals surface area (Å²) < 4.78 is 11.5. The lowest BCUT2D eigenvalue weighted by atomic mass is 10.3. The van der Waals surface area contributed by atoms with Crippen LogP contribution in [-0.2, 0) is 4.74 Å². The minimum Gasteiger partial charge on any atom is -0.497 e. The van der Waals surface area contributed by atoms with E-state index >= 15 is 0 Å². The number of benzene rings is 1. The number of hydrogen-bond donors (Lipinski definition) is 0. The van der Waals surface area contributed by atoms with Crippen molar-refractivity contribution < 1.29 is 14.3 Å². The summed E-state index contributed by atoms with van der Waals surface area (Å²) in [4.78, 5) is 11.6. The van der Waals surface area contributed by atoms with E-state index in [1.807, 2.05) is 12.1 Å². The second-order valence-electron chi connectivity index (χ2n) is 3.69. The molecule has 0 saturated heterocycles. The van der Waals surface area contributed by atoms with Gasteiger partial charge in [-0.1, -0.05) is 11.6 Å². The van der Waals surface area contributed by atoms with Crippen LogP contribution >= 0.6 is 11.6 Å². The van der Waals surface area contributed by atoms with Crippen LogP contribution in [0.15, 0.2) is 30.5 Å². The van der Waals surface area contributed by atoms with E-state index in [-0.39, 0.29) is 17.3 Å². The highest BCUT2D eigenvalue weighted by Gasteiger charge is 2.17. The lowest BCUT2D eigenvalue weighted by Crippen LogP contribution is -2.07. The summed E-state index contributed by atoms with van der Waals surface area (Å²) in [7, 11) is 1.60. The van der Waals surface area contributed by atoms with Crippen LogP contribution < -0.4 is 4.74 Å². The molecule has 0 N–H and O–H groups in total. The van der Waals surface area contributed by atoms with Gasteiger partial charge in [-0.2, -0.15) is 5.10 Å². The largest absolute Gasteiger partial charge is 0.497 e. The Labute approximate surface area is 115 Å². The van der Waals surface area contributed by atoms with Crippen LogP contribution in [0.1, 0.15) is 17.4 Å². The zero-order chi connectivity index (χ0) is 13.8. The molecule has 0 atom stereocenters. The third kappa shape index (κ3) is 2.88. The first-order chi connectivity index (χ1) is 9.15. The maximum Gasteiger partial charge on any atom is 0.360 e. The molecule has 19 heavy (non-hydrogen) atoms. The van der Waals surface area contributed by atoms with Crippen LogP contribution in [0.2, 0.25) is 5.02 Å². The van der Waals surface area contributed by atoms with Gasteiger partial charge in [-0.15, -0.1) is 0 Å². The van der Waals surface area contributed by atoms with E-state index < -0.39 is 5.97 Å². The van der Waals surface area contributed by atoms with Crippen LogP contribution in [0.3, 0.4) is 0 Å². The van der Waals surface area contributed by atoms with Gasteiger partial charge < -0.3 is 9.47 Å². The van der Waals surface area contributed by atoms with Gasteiger partial charge in [0.1, 0.15) is 5.75 Å². The Bertz CT molecular complexity index is 578. The normalized spacial score (nSPS) is 10.3. The number of aromatic nitrogens is 2. The smallest absolute Gasteiger partial charge is 0.360 e. The van der Waals surface area contributed by atoms with Crippen molar-refractivity contribution in [3.63, 3.8) is 0 Å². The molecule has 100 valence electrons. The maximum atomic E-state index is 11.6. The Hall–Kier alpha value is -2.01. The Morgan fingerprint density at radius 2 is 2.05 bits per heavy atom. The number of ether oxygens (including phenoxy) is 2. The number of nitrogens with zero attached hydrogens (tertiary/aromatic N) is 2. The minimum atomic E-state index is -0.528. The number of methoxy groups -OCH3 is 1. The van der Waals surface area contributed by atoms with Crippen molar-refractivity contribution in [3.05, 3.63) is 41.2 Å². The molecule has 2 rings (SSSR count). The molecule has 2 aromatic rings. The second-order valence-corrected chi connectivity index (χ2v) is 4.10. The molecule has 1 heterocycles. The SMILES string of the molecule is CCOC(=O)c1nn(-c2ccc(OC)cc2)cc1Cl. The number of hydrogen-bond acceptors (Lipinski definition) is 4. The lowest BCUT2D eigenvalue weighted by molar-refractivity contribution is 0.0519. The van der Waals surface area contributed by atoms with E-state index in [9.17, 15) is 4.79 Å². The second kappa shape index (κ2) is 5.75. The van der Waals surface area contributed by atoms with Crippen molar-refractivity contribution >= 4 is 17.6 Å². The standard InChI is InChI=1S/C13H13ClN2O3/c1-3-19-13(17)12-11(14)8-16(15-12)9-4-6-10(18-2)7-5-9/h4-8H,3H2,1-2H3. The highest BCUT2D eigenvalue weighted by molar-refractivity contribution is 6.33. The van der Waals surface area contributed by atoms with Gasteiger partial charge in [0.05, 0.1) is 30.6 Å². The highest BCUT2D eigenvalue weighted by atomic mass is 35.5. The molecule has 1 aromatic heterocycles. The van der Waals surface area contributed by atoms with E-state index in [0.717, 1.165) is 11.4 Å². The van der Waals surface area contributed by atoms with Gasteiger partial charge in [0.15, 0.2) is 5.69 Å². The number of carbonyl (C=O) groups is 1. The number of rotatable bonds is 4. The molecule has 0 aliphatic heterocycles. The third-order valence-corrected chi connectivity index (χ3v) is 2.75. The van der Waals surface area contributed by atoms with E-state index in [2.05, 4.69) is 5.10 Å². The molecular weight excluding hydrogens is 268 g/mol. The van der Waals surface area contributed by atoms with Crippen LogP contribution in [0, 0.1) is 0 Å². The molecule has 0 bridgehead atoms. The summed E-state index contributed by atoms with van der Waals surface area (Å²) in [5.74, 6) is 0.215. The van der Waals surface area contributed by atoms with Crippen molar-refractivity contribution in [2.24, 2.45) is 0 Å². The van der Waals surface area contributed by atoms with E-state index in [1.165, 1.54) is 4.68 Å². The average Bonchev–Trinajstić information content (AvgIpc) is 2.81. The zero-order valence-electron chi connectivity index (χ0n) is 10.6. The average molecular weight is 281 g/mol. The quantitative estimate of drug-likeness (QED) is 0.808. The van der Waals surface area contributed by atoms with Gasteiger partial charge in [0.2, 0.25) is 0 Å². The van der Waals surface area contributed by atoms with Crippen LogP contribution in [0.5, 0.6) is 5.75 Å². The van der Waals surface area contributed by atoms with Crippen molar-refractivity contribution in [1.82, 2.24) is 9.78 Å². The van der Waals surface area contributed by atoms with Crippen LogP contribution in [-0.4, -0.2) is 29.5 Å². The highest BCUT2D eigenvalue weighted by Crippen LogP contribution is 2.20. The summed E-state index contributed by atoms with van der Waals surface area (Å²) in [5, 5.41) is 4.38. The molecule has 0 fully saturated rings. The Balaban J connectivity index is 2.30. The van der Waals surface area contributed by atoms with Gasteiger partial charge in [0, 0.05) is 0 Å². The first kappa shape index (κ1) is 13.4. The van der Waals surface area contributed by atoms with E-state index in [4.69, 9.17) is 21.1 Å². The fraction of sp³-hybridized carbons (Fsp3) is 0.231. The number of halogens is 1. The fourth-order valence-corrected chi connectivity index (χ4v) is 1.77. The lowest BCUT2D eigenvalue weighted by Gasteiger charge is -2.03. The molecule has 1 aromatic carbocycles. The zero-order valence-corrected chi connectivity index (χ0v) is 11.3. The van der Waals surface area contributed by atoms with Crippen molar-refractivity contribution in [2.45, 2.75) is 6.92 Å². The summed E-state index contributed by atoms with van der Waals surface area (Å²) in [6, 6.07) is 7.23. The molecule has 5 nitrogen and oxygen atoms in total. The third-order valence-electron chi connectivity index (χ3n) is 2.48. The summed E-state index contributed by atoms with van der Waals surface area (Å²) in [6.45, 7) is 2.01. The van der Waals surface area contributed by atoms with Gasteiger partial charge in [0.25, 0.3) is 0 Å². The molecular formula is C13H13ClN2O3. The molecule has 0 spiro atoms. The molecule has 0 unspecified atom stereocenters. The van der Waals surface area contributed by atoms with Gasteiger partial charge >= 0.3 is 5.97 Å². The maximum absolute atomic E-state index is 11.6.